The van der Waals surface area contributed by atoms with E-state index in [-0.39, 0.29) is 16.7 Å². The van der Waals surface area contributed by atoms with Gasteiger partial charge in [0.2, 0.25) is 0 Å². The number of hydrogen-bond donors (Lipinski definition) is 2. The van der Waals surface area contributed by atoms with E-state index in [0.717, 1.165) is 0 Å². The third-order valence-electron chi connectivity index (χ3n) is 3.05. The van der Waals surface area contributed by atoms with Crippen molar-refractivity contribution in [2.45, 2.75) is 26.4 Å². The summed E-state index contributed by atoms with van der Waals surface area (Å²) in [5.41, 5.74) is 0.405. The molecule has 2 rings (SSSR count). The van der Waals surface area contributed by atoms with Crippen molar-refractivity contribution in [3.05, 3.63) is 47.2 Å². The monoisotopic (exact) mass is 315 g/mol. The van der Waals surface area contributed by atoms with Gasteiger partial charge in [-0.15, -0.1) is 0 Å². The number of carbonyl (C=O) groups is 3. The average Bonchev–Trinajstić information content (AvgIpc) is 2.94. The first-order valence-corrected chi connectivity index (χ1v) is 6.96. The van der Waals surface area contributed by atoms with E-state index in [1.54, 1.807) is 20.8 Å². The summed E-state index contributed by atoms with van der Waals surface area (Å²) < 4.78 is 5.33. The summed E-state index contributed by atoms with van der Waals surface area (Å²) >= 11 is 0. The van der Waals surface area contributed by atoms with E-state index in [9.17, 15) is 19.5 Å². The fourth-order valence-electron chi connectivity index (χ4n) is 2.12. The third kappa shape index (κ3) is 3.66. The zero-order valence-electron chi connectivity index (χ0n) is 13.0. The van der Waals surface area contributed by atoms with Gasteiger partial charge in [-0.25, -0.2) is 9.59 Å². The van der Waals surface area contributed by atoms with Crippen LogP contribution < -0.4 is 0 Å². The first-order valence-electron chi connectivity index (χ1n) is 6.96. The van der Waals surface area contributed by atoms with Crippen LogP contribution in [0.4, 0.5) is 0 Å². The number of rotatable bonds is 4. The lowest BCUT2D eigenvalue weighted by molar-refractivity contribution is 0.00703. The van der Waals surface area contributed by atoms with Gasteiger partial charge in [-0.2, -0.15) is 0 Å². The highest BCUT2D eigenvalue weighted by atomic mass is 16.6. The molecule has 1 aromatic heterocycles. The maximum Gasteiger partial charge on any atom is 0.340 e. The molecule has 0 amide bonds. The molecule has 6 heteroatoms. The number of nitrogens with one attached hydrogen (secondary N) is 1. The molecule has 0 saturated heterocycles. The number of carboxylic acids is 1. The summed E-state index contributed by atoms with van der Waals surface area (Å²) in [4.78, 5) is 37.5. The van der Waals surface area contributed by atoms with Gasteiger partial charge in [-0.05, 0) is 39.0 Å². The van der Waals surface area contributed by atoms with E-state index in [4.69, 9.17) is 4.74 Å². The van der Waals surface area contributed by atoms with Gasteiger partial charge in [-0.3, -0.25) is 4.79 Å². The van der Waals surface area contributed by atoms with E-state index < -0.39 is 17.5 Å². The van der Waals surface area contributed by atoms with Gasteiger partial charge in [-0.1, -0.05) is 6.07 Å². The number of carbonyl (C=O) groups excluding carboxylic acids is 2. The van der Waals surface area contributed by atoms with Crippen molar-refractivity contribution in [3.63, 3.8) is 0 Å². The van der Waals surface area contributed by atoms with Crippen LogP contribution in [-0.2, 0) is 4.74 Å². The number of aromatic amines is 1. The van der Waals surface area contributed by atoms with Crippen LogP contribution in [0.25, 0.3) is 11.3 Å². The highest BCUT2D eigenvalue weighted by Crippen LogP contribution is 2.28. The van der Waals surface area contributed by atoms with Gasteiger partial charge in [0, 0.05) is 17.3 Å². The van der Waals surface area contributed by atoms with E-state index in [1.165, 1.54) is 30.5 Å². The zero-order valence-corrected chi connectivity index (χ0v) is 13.0. The number of aromatic nitrogens is 1. The molecule has 0 spiro atoms. The predicted molar refractivity (Wildman–Crippen MR) is 83.7 cm³/mol. The number of hydrogen-bond acceptors (Lipinski definition) is 4. The van der Waals surface area contributed by atoms with Crippen LogP contribution in [-0.4, -0.2) is 33.9 Å². The predicted octanol–water partition coefficient (Wildman–Crippen LogP) is 3.15. The number of carboxylic acid groups (broad SMARTS) is 1. The van der Waals surface area contributed by atoms with Crippen LogP contribution in [0.15, 0.2) is 30.5 Å². The lowest BCUT2D eigenvalue weighted by Gasteiger charge is -2.19. The SMILES string of the molecule is CC(C)(C)OC(=O)c1cc[nH]c1-c1cc(C=O)ccc1C(=O)O. The summed E-state index contributed by atoms with van der Waals surface area (Å²) in [6.07, 6.45) is 2.14. The van der Waals surface area contributed by atoms with Crippen molar-refractivity contribution in [3.8, 4) is 11.3 Å². The average molecular weight is 315 g/mol. The summed E-state index contributed by atoms with van der Waals surface area (Å²) in [5.74, 6) is -1.72. The van der Waals surface area contributed by atoms with Crippen LogP contribution in [0.2, 0.25) is 0 Å². The minimum absolute atomic E-state index is 0.0112. The van der Waals surface area contributed by atoms with Crippen molar-refractivity contribution >= 4 is 18.2 Å². The first-order chi connectivity index (χ1) is 10.7. The normalized spacial score (nSPS) is 11.1. The summed E-state index contributed by atoms with van der Waals surface area (Å²) in [6, 6.07) is 5.69. The molecule has 1 aromatic carbocycles. The van der Waals surface area contributed by atoms with E-state index in [1.807, 2.05) is 0 Å². The molecule has 0 radical (unpaired) electrons. The number of aldehydes is 1. The van der Waals surface area contributed by atoms with Crippen LogP contribution in [0.5, 0.6) is 0 Å². The zero-order chi connectivity index (χ0) is 17.2. The van der Waals surface area contributed by atoms with E-state index in [2.05, 4.69) is 4.98 Å². The highest BCUT2D eigenvalue weighted by Gasteiger charge is 2.24. The molecule has 0 aliphatic carbocycles. The van der Waals surface area contributed by atoms with Gasteiger partial charge in [0.05, 0.1) is 16.8 Å². The second kappa shape index (κ2) is 6.08. The van der Waals surface area contributed by atoms with Crippen molar-refractivity contribution in [2.75, 3.05) is 0 Å². The van der Waals surface area contributed by atoms with Crippen molar-refractivity contribution < 1.29 is 24.2 Å². The van der Waals surface area contributed by atoms with Crippen LogP contribution >= 0.6 is 0 Å². The molecule has 0 bridgehead atoms. The van der Waals surface area contributed by atoms with Gasteiger partial charge < -0.3 is 14.8 Å². The number of aromatic carboxylic acids is 1. The van der Waals surface area contributed by atoms with Gasteiger partial charge in [0.1, 0.15) is 11.9 Å². The summed E-state index contributed by atoms with van der Waals surface area (Å²) in [7, 11) is 0. The fraction of sp³-hybridized carbons (Fsp3) is 0.235. The highest BCUT2D eigenvalue weighted by molar-refractivity contribution is 6.02. The fourth-order valence-corrected chi connectivity index (χ4v) is 2.12. The molecule has 0 fully saturated rings. The van der Waals surface area contributed by atoms with Crippen LogP contribution in [0, 0.1) is 0 Å². The Kier molecular flexibility index (Phi) is 4.36. The number of ether oxygens (including phenoxy) is 1. The topological polar surface area (TPSA) is 96.5 Å². The number of H-pyrrole nitrogens is 1. The number of esters is 1. The van der Waals surface area contributed by atoms with Gasteiger partial charge in [0.25, 0.3) is 0 Å². The lowest BCUT2D eigenvalue weighted by atomic mass is 9.99. The minimum Gasteiger partial charge on any atom is -0.478 e. The molecule has 23 heavy (non-hydrogen) atoms. The Bertz CT molecular complexity index is 768. The Balaban J connectivity index is 2.56. The maximum absolute atomic E-state index is 12.3. The van der Waals surface area contributed by atoms with Crippen molar-refractivity contribution in [2.24, 2.45) is 0 Å². The van der Waals surface area contributed by atoms with Gasteiger partial charge >= 0.3 is 11.9 Å². The largest absolute Gasteiger partial charge is 0.478 e. The Hall–Kier alpha value is -2.89. The Morgan fingerprint density at radius 3 is 2.43 bits per heavy atom. The Morgan fingerprint density at radius 1 is 1.17 bits per heavy atom. The molecule has 0 unspecified atom stereocenters. The summed E-state index contributed by atoms with van der Waals surface area (Å²) in [6.45, 7) is 5.23. The molecular weight excluding hydrogens is 298 g/mol. The minimum atomic E-state index is -1.15. The first kappa shape index (κ1) is 16.5. The molecule has 6 nitrogen and oxygen atoms in total. The summed E-state index contributed by atoms with van der Waals surface area (Å²) in [5, 5.41) is 9.33. The second-order valence-corrected chi connectivity index (χ2v) is 6.00. The lowest BCUT2D eigenvalue weighted by Crippen LogP contribution is -2.24. The van der Waals surface area contributed by atoms with Crippen LogP contribution in [0.1, 0.15) is 51.8 Å². The smallest absolute Gasteiger partial charge is 0.340 e. The quantitative estimate of drug-likeness (QED) is 0.667. The molecule has 120 valence electrons. The molecule has 0 saturated carbocycles. The Labute approximate surface area is 133 Å². The van der Waals surface area contributed by atoms with Crippen LogP contribution in [0.3, 0.4) is 0 Å². The molecular formula is C17H17NO5. The van der Waals surface area contributed by atoms with E-state index in [0.29, 0.717) is 17.5 Å². The molecule has 1 heterocycles. The van der Waals surface area contributed by atoms with Crippen molar-refractivity contribution in [1.29, 1.82) is 0 Å². The van der Waals surface area contributed by atoms with Crippen molar-refractivity contribution in [1.82, 2.24) is 4.98 Å². The molecule has 0 aliphatic rings. The maximum atomic E-state index is 12.3. The molecule has 2 aromatic rings. The molecule has 0 atom stereocenters. The molecule has 2 N–H and O–H groups in total. The number of benzene rings is 1. The Morgan fingerprint density at radius 2 is 1.87 bits per heavy atom. The third-order valence-corrected chi connectivity index (χ3v) is 3.05. The van der Waals surface area contributed by atoms with Gasteiger partial charge in [0.15, 0.2) is 0 Å². The standard InChI is InChI=1S/C17H17NO5/c1-17(2,3)23-16(22)12-6-7-18-14(12)13-8-10(9-19)4-5-11(13)15(20)21/h4-9,18H,1-3H3,(H,20,21). The van der Waals surface area contributed by atoms with E-state index >= 15 is 0 Å². The second-order valence-electron chi connectivity index (χ2n) is 6.00. The molecule has 0 aliphatic heterocycles.